The van der Waals surface area contributed by atoms with Gasteiger partial charge in [0.2, 0.25) is 0 Å². The van der Waals surface area contributed by atoms with E-state index in [0.29, 0.717) is 6.42 Å². The zero-order valence-electron chi connectivity index (χ0n) is 11.7. The van der Waals surface area contributed by atoms with Crippen molar-refractivity contribution in [3.63, 3.8) is 0 Å². The summed E-state index contributed by atoms with van der Waals surface area (Å²) in [6, 6.07) is 16.0. The average Bonchev–Trinajstić information content (AvgIpc) is 2.50. The summed E-state index contributed by atoms with van der Waals surface area (Å²) in [6.45, 7) is 2.05. The lowest BCUT2D eigenvalue weighted by Crippen LogP contribution is -1.96. The molecule has 3 rings (SSSR count). The van der Waals surface area contributed by atoms with E-state index < -0.39 is 0 Å². The van der Waals surface area contributed by atoms with Crippen LogP contribution in [0.15, 0.2) is 48.8 Å². The molecule has 0 atom stereocenters. The van der Waals surface area contributed by atoms with Crippen LogP contribution in [0.5, 0.6) is 0 Å². The highest BCUT2D eigenvalue weighted by atomic mass is 15.0. The zero-order chi connectivity index (χ0) is 14.7. The third-order valence-corrected chi connectivity index (χ3v) is 3.29. The van der Waals surface area contributed by atoms with Crippen molar-refractivity contribution in [3.8, 4) is 6.07 Å². The van der Waals surface area contributed by atoms with Gasteiger partial charge in [-0.15, -0.1) is 0 Å². The van der Waals surface area contributed by atoms with E-state index in [1.54, 1.807) is 6.33 Å². The van der Waals surface area contributed by atoms with Crippen molar-refractivity contribution in [3.05, 3.63) is 59.9 Å². The lowest BCUT2D eigenvalue weighted by molar-refractivity contribution is 1.21. The standard InChI is InChI=1S/C17H14N4/c1-12-2-7-16-15(10-12)17(20-11-19-16)21-14-5-3-13(4-6-14)8-9-18/h2-7,10-11H,8H2,1H3,(H,19,20,21). The Kier molecular flexibility index (Phi) is 3.48. The SMILES string of the molecule is Cc1ccc2ncnc(Nc3ccc(CC#N)cc3)c2c1. The van der Waals surface area contributed by atoms with Crippen molar-refractivity contribution in [1.29, 1.82) is 5.26 Å². The molecule has 1 aromatic heterocycles. The molecular formula is C17H14N4. The van der Waals surface area contributed by atoms with Crippen LogP contribution in [0, 0.1) is 18.3 Å². The third kappa shape index (κ3) is 2.82. The van der Waals surface area contributed by atoms with Gasteiger partial charge in [-0.2, -0.15) is 5.26 Å². The molecule has 1 N–H and O–H groups in total. The van der Waals surface area contributed by atoms with Crippen molar-refractivity contribution < 1.29 is 0 Å². The van der Waals surface area contributed by atoms with Gasteiger partial charge in [0.05, 0.1) is 18.0 Å². The predicted octanol–water partition coefficient (Wildman–Crippen LogP) is 3.75. The van der Waals surface area contributed by atoms with E-state index in [0.717, 1.165) is 28.0 Å². The molecular weight excluding hydrogens is 260 g/mol. The van der Waals surface area contributed by atoms with Crippen molar-refractivity contribution >= 4 is 22.4 Å². The molecule has 0 amide bonds. The number of hydrogen-bond acceptors (Lipinski definition) is 4. The fourth-order valence-corrected chi connectivity index (χ4v) is 2.20. The van der Waals surface area contributed by atoms with Gasteiger partial charge in [0, 0.05) is 11.1 Å². The highest BCUT2D eigenvalue weighted by Gasteiger charge is 2.04. The van der Waals surface area contributed by atoms with Gasteiger partial charge in [-0.1, -0.05) is 23.8 Å². The molecule has 0 aliphatic rings. The summed E-state index contributed by atoms with van der Waals surface area (Å²) in [5, 5.41) is 13.0. The fraction of sp³-hybridized carbons (Fsp3) is 0.118. The van der Waals surface area contributed by atoms with Crippen molar-refractivity contribution in [1.82, 2.24) is 9.97 Å². The molecule has 0 fully saturated rings. The van der Waals surface area contributed by atoms with Crippen LogP contribution >= 0.6 is 0 Å². The van der Waals surface area contributed by atoms with E-state index in [-0.39, 0.29) is 0 Å². The van der Waals surface area contributed by atoms with Gasteiger partial charge in [0.15, 0.2) is 0 Å². The molecule has 0 saturated heterocycles. The second-order valence-corrected chi connectivity index (χ2v) is 4.90. The van der Waals surface area contributed by atoms with Gasteiger partial charge in [-0.05, 0) is 36.8 Å². The molecule has 4 heteroatoms. The third-order valence-electron chi connectivity index (χ3n) is 3.29. The monoisotopic (exact) mass is 274 g/mol. The summed E-state index contributed by atoms with van der Waals surface area (Å²) in [6.07, 6.45) is 1.99. The normalized spacial score (nSPS) is 10.3. The number of fused-ring (bicyclic) bond motifs is 1. The smallest absolute Gasteiger partial charge is 0.141 e. The number of aryl methyl sites for hydroxylation is 1. The van der Waals surface area contributed by atoms with Crippen LogP contribution in [0.2, 0.25) is 0 Å². The van der Waals surface area contributed by atoms with Crippen LogP contribution in [0.25, 0.3) is 10.9 Å². The molecule has 2 aromatic carbocycles. The summed E-state index contributed by atoms with van der Waals surface area (Å²) in [7, 11) is 0. The number of anilines is 2. The minimum absolute atomic E-state index is 0.427. The Morgan fingerprint density at radius 3 is 2.67 bits per heavy atom. The Labute approximate surface area is 123 Å². The number of nitrogens with one attached hydrogen (secondary N) is 1. The van der Waals surface area contributed by atoms with Gasteiger partial charge < -0.3 is 5.32 Å². The molecule has 4 nitrogen and oxygen atoms in total. The maximum Gasteiger partial charge on any atom is 0.141 e. The minimum Gasteiger partial charge on any atom is -0.340 e. The number of hydrogen-bond donors (Lipinski definition) is 1. The summed E-state index contributed by atoms with van der Waals surface area (Å²) < 4.78 is 0. The lowest BCUT2D eigenvalue weighted by Gasteiger charge is -2.09. The summed E-state index contributed by atoms with van der Waals surface area (Å²) in [5.74, 6) is 0.789. The molecule has 0 aliphatic heterocycles. The molecule has 0 bridgehead atoms. The summed E-state index contributed by atoms with van der Waals surface area (Å²) >= 11 is 0. The molecule has 21 heavy (non-hydrogen) atoms. The van der Waals surface area contributed by atoms with Crippen molar-refractivity contribution in [2.24, 2.45) is 0 Å². The average molecular weight is 274 g/mol. The van der Waals surface area contributed by atoms with Crippen molar-refractivity contribution in [2.45, 2.75) is 13.3 Å². The van der Waals surface area contributed by atoms with Gasteiger partial charge >= 0.3 is 0 Å². The fourth-order valence-electron chi connectivity index (χ4n) is 2.20. The van der Waals surface area contributed by atoms with Gasteiger partial charge in [-0.3, -0.25) is 0 Å². The van der Waals surface area contributed by atoms with Crippen LogP contribution in [-0.2, 0) is 6.42 Å². The van der Waals surface area contributed by atoms with Gasteiger partial charge in [0.25, 0.3) is 0 Å². The molecule has 0 spiro atoms. The second kappa shape index (κ2) is 5.59. The van der Waals surface area contributed by atoms with Crippen molar-refractivity contribution in [2.75, 3.05) is 5.32 Å². The van der Waals surface area contributed by atoms with Gasteiger partial charge in [-0.25, -0.2) is 9.97 Å². The first-order valence-corrected chi connectivity index (χ1v) is 6.70. The molecule has 0 radical (unpaired) electrons. The highest BCUT2D eigenvalue weighted by Crippen LogP contribution is 2.24. The van der Waals surface area contributed by atoms with Crippen LogP contribution in [0.3, 0.4) is 0 Å². The number of nitriles is 1. The van der Waals surface area contributed by atoms with E-state index in [2.05, 4.69) is 27.4 Å². The highest BCUT2D eigenvalue weighted by molar-refractivity contribution is 5.91. The van der Waals surface area contributed by atoms with Crippen LogP contribution in [-0.4, -0.2) is 9.97 Å². The molecule has 102 valence electrons. The number of benzene rings is 2. The minimum atomic E-state index is 0.427. The Morgan fingerprint density at radius 1 is 1.10 bits per heavy atom. The quantitative estimate of drug-likeness (QED) is 0.790. The summed E-state index contributed by atoms with van der Waals surface area (Å²) in [5.41, 5.74) is 4.04. The zero-order valence-corrected chi connectivity index (χ0v) is 11.7. The number of aromatic nitrogens is 2. The predicted molar refractivity (Wildman–Crippen MR) is 83.3 cm³/mol. The van der Waals surface area contributed by atoms with E-state index in [9.17, 15) is 0 Å². The van der Waals surface area contributed by atoms with Crippen LogP contribution in [0.1, 0.15) is 11.1 Å². The molecule has 0 aliphatic carbocycles. The van der Waals surface area contributed by atoms with E-state index in [1.807, 2.05) is 43.3 Å². The first-order valence-electron chi connectivity index (χ1n) is 6.70. The Bertz CT molecular complexity index is 816. The van der Waals surface area contributed by atoms with Gasteiger partial charge in [0.1, 0.15) is 12.1 Å². The summed E-state index contributed by atoms with van der Waals surface area (Å²) in [4.78, 5) is 8.60. The Morgan fingerprint density at radius 2 is 1.90 bits per heavy atom. The first-order chi connectivity index (χ1) is 10.3. The van der Waals surface area contributed by atoms with E-state index in [1.165, 1.54) is 5.56 Å². The Balaban J connectivity index is 1.94. The molecule has 0 unspecified atom stereocenters. The van der Waals surface area contributed by atoms with Crippen LogP contribution in [0.4, 0.5) is 11.5 Å². The molecule has 3 aromatic rings. The molecule has 1 heterocycles. The van der Waals surface area contributed by atoms with E-state index >= 15 is 0 Å². The first kappa shape index (κ1) is 13.1. The maximum absolute atomic E-state index is 8.69. The lowest BCUT2D eigenvalue weighted by atomic mass is 10.1. The topological polar surface area (TPSA) is 61.6 Å². The van der Waals surface area contributed by atoms with Crippen LogP contribution < -0.4 is 5.32 Å². The molecule has 0 saturated carbocycles. The maximum atomic E-state index is 8.69. The largest absolute Gasteiger partial charge is 0.340 e. The number of rotatable bonds is 3. The Hall–Kier alpha value is -2.93. The van der Waals surface area contributed by atoms with E-state index in [4.69, 9.17) is 5.26 Å². The second-order valence-electron chi connectivity index (χ2n) is 4.90. The number of nitrogens with zero attached hydrogens (tertiary/aromatic N) is 3.